The minimum atomic E-state index is -1.09. The Labute approximate surface area is 84.9 Å². The van der Waals surface area contributed by atoms with Gasteiger partial charge in [0.15, 0.2) is 0 Å². The van der Waals surface area contributed by atoms with Crippen molar-refractivity contribution in [1.82, 2.24) is 0 Å². The van der Waals surface area contributed by atoms with Crippen molar-refractivity contribution in [3.63, 3.8) is 0 Å². The quantitative estimate of drug-likeness (QED) is 0.702. The summed E-state index contributed by atoms with van der Waals surface area (Å²) in [6.07, 6.45) is 0. The molecule has 0 spiro atoms. The molecule has 0 saturated carbocycles. The number of nitrogens with two attached hydrogens (primary N) is 1. The van der Waals surface area contributed by atoms with E-state index < -0.39 is 11.8 Å². The van der Waals surface area contributed by atoms with E-state index in [0.717, 1.165) is 0 Å². The van der Waals surface area contributed by atoms with Crippen LogP contribution in [0.5, 0.6) is 0 Å². The maximum absolute atomic E-state index is 13.0. The monoisotopic (exact) mass is 205 g/mol. The van der Waals surface area contributed by atoms with Crippen LogP contribution in [0.15, 0.2) is 30.3 Å². The molecular formula is C11H8FNO2. The summed E-state index contributed by atoms with van der Waals surface area (Å²) >= 11 is 0. The predicted octanol–water partition coefficient (Wildman–Crippen LogP) is 2.26. The third-order valence-electron chi connectivity index (χ3n) is 2.24. The van der Waals surface area contributed by atoms with E-state index >= 15 is 0 Å². The third kappa shape index (κ3) is 1.50. The molecule has 0 atom stereocenters. The molecular weight excluding hydrogens is 197 g/mol. The minimum Gasteiger partial charge on any atom is -0.478 e. The molecule has 2 aromatic carbocycles. The summed E-state index contributed by atoms with van der Waals surface area (Å²) < 4.78 is 13.0. The highest BCUT2D eigenvalue weighted by molar-refractivity contribution is 6.07. The highest BCUT2D eigenvalue weighted by atomic mass is 19.1. The van der Waals surface area contributed by atoms with Crippen molar-refractivity contribution < 1.29 is 14.3 Å². The Balaban J connectivity index is 2.90. The number of aromatic carboxylic acids is 1. The first kappa shape index (κ1) is 9.45. The van der Waals surface area contributed by atoms with Crippen LogP contribution in [0.4, 0.5) is 10.1 Å². The molecule has 3 nitrogen and oxygen atoms in total. The van der Waals surface area contributed by atoms with Crippen molar-refractivity contribution in [3.05, 3.63) is 41.7 Å². The van der Waals surface area contributed by atoms with E-state index in [1.165, 1.54) is 30.3 Å². The molecule has 0 radical (unpaired) electrons. The summed E-state index contributed by atoms with van der Waals surface area (Å²) in [5.74, 6) is -1.57. The molecule has 0 amide bonds. The number of carboxylic acids is 1. The van der Waals surface area contributed by atoms with Gasteiger partial charge in [-0.05, 0) is 30.3 Å². The summed E-state index contributed by atoms with van der Waals surface area (Å²) in [6.45, 7) is 0. The maximum atomic E-state index is 13.0. The molecule has 0 bridgehead atoms. The Kier molecular flexibility index (Phi) is 2.04. The second-order valence-electron chi connectivity index (χ2n) is 3.20. The lowest BCUT2D eigenvalue weighted by atomic mass is 10.0. The highest BCUT2D eigenvalue weighted by Gasteiger charge is 2.10. The minimum absolute atomic E-state index is 0.0544. The van der Waals surface area contributed by atoms with Gasteiger partial charge in [-0.25, -0.2) is 9.18 Å². The van der Waals surface area contributed by atoms with Gasteiger partial charge in [-0.3, -0.25) is 0 Å². The van der Waals surface area contributed by atoms with Crippen molar-refractivity contribution in [3.8, 4) is 0 Å². The van der Waals surface area contributed by atoms with Crippen LogP contribution >= 0.6 is 0 Å². The molecule has 0 aliphatic rings. The normalized spacial score (nSPS) is 10.5. The summed E-state index contributed by atoms with van der Waals surface area (Å²) in [4.78, 5) is 10.9. The Morgan fingerprint density at radius 1 is 1.20 bits per heavy atom. The van der Waals surface area contributed by atoms with Gasteiger partial charge in [0.05, 0.1) is 5.56 Å². The van der Waals surface area contributed by atoms with E-state index in [1.807, 2.05) is 0 Å². The molecule has 2 rings (SSSR count). The Bertz CT molecular complexity index is 552. The molecule has 0 aliphatic carbocycles. The van der Waals surface area contributed by atoms with Crippen LogP contribution in [0.1, 0.15) is 10.4 Å². The van der Waals surface area contributed by atoms with Gasteiger partial charge in [-0.2, -0.15) is 0 Å². The summed E-state index contributed by atoms with van der Waals surface area (Å²) in [6, 6.07) is 6.79. The second-order valence-corrected chi connectivity index (χ2v) is 3.20. The zero-order valence-electron chi connectivity index (χ0n) is 7.70. The summed E-state index contributed by atoms with van der Waals surface area (Å²) in [7, 11) is 0. The van der Waals surface area contributed by atoms with Crippen LogP contribution in [0.3, 0.4) is 0 Å². The Morgan fingerprint density at radius 3 is 2.60 bits per heavy atom. The van der Waals surface area contributed by atoms with Gasteiger partial charge in [0.2, 0.25) is 0 Å². The number of halogens is 1. The van der Waals surface area contributed by atoms with E-state index in [4.69, 9.17) is 10.8 Å². The first-order valence-corrected chi connectivity index (χ1v) is 4.30. The van der Waals surface area contributed by atoms with E-state index in [2.05, 4.69) is 0 Å². The topological polar surface area (TPSA) is 63.3 Å². The molecule has 0 fully saturated rings. The predicted molar refractivity (Wildman–Crippen MR) is 55.3 cm³/mol. The molecule has 2 aromatic rings. The average Bonchev–Trinajstić information content (AvgIpc) is 2.17. The fourth-order valence-electron chi connectivity index (χ4n) is 1.53. The van der Waals surface area contributed by atoms with Crippen molar-refractivity contribution >= 4 is 22.4 Å². The van der Waals surface area contributed by atoms with Crippen molar-refractivity contribution in [2.24, 2.45) is 0 Å². The van der Waals surface area contributed by atoms with Gasteiger partial charge >= 0.3 is 5.97 Å². The average molecular weight is 205 g/mol. The van der Waals surface area contributed by atoms with Crippen LogP contribution in [-0.2, 0) is 0 Å². The third-order valence-corrected chi connectivity index (χ3v) is 2.24. The fourth-order valence-corrected chi connectivity index (χ4v) is 1.53. The van der Waals surface area contributed by atoms with Gasteiger partial charge < -0.3 is 10.8 Å². The summed E-state index contributed by atoms with van der Waals surface area (Å²) in [5.41, 5.74) is 6.15. The number of hydrogen-bond donors (Lipinski definition) is 2. The van der Waals surface area contributed by atoms with Crippen molar-refractivity contribution in [2.75, 3.05) is 5.73 Å². The summed E-state index contributed by atoms with van der Waals surface area (Å²) in [5, 5.41) is 9.78. The van der Waals surface area contributed by atoms with Gasteiger partial charge in [0.1, 0.15) is 5.82 Å². The Hall–Kier alpha value is -2.10. The number of fused-ring (bicyclic) bond motifs is 1. The first-order valence-electron chi connectivity index (χ1n) is 4.30. The van der Waals surface area contributed by atoms with Gasteiger partial charge in [-0.1, -0.05) is 0 Å². The van der Waals surface area contributed by atoms with E-state index in [9.17, 15) is 9.18 Å². The van der Waals surface area contributed by atoms with Gasteiger partial charge in [-0.15, -0.1) is 0 Å². The lowest BCUT2D eigenvalue weighted by Crippen LogP contribution is -1.99. The fraction of sp³-hybridized carbons (Fsp3) is 0. The molecule has 15 heavy (non-hydrogen) atoms. The van der Waals surface area contributed by atoms with Crippen molar-refractivity contribution in [2.45, 2.75) is 0 Å². The first-order chi connectivity index (χ1) is 7.09. The molecule has 0 unspecified atom stereocenters. The molecule has 0 saturated heterocycles. The van der Waals surface area contributed by atoms with E-state index in [0.29, 0.717) is 16.5 Å². The molecule has 0 heterocycles. The molecule has 3 N–H and O–H groups in total. The lowest BCUT2D eigenvalue weighted by Gasteiger charge is -2.05. The largest absolute Gasteiger partial charge is 0.478 e. The van der Waals surface area contributed by atoms with E-state index in [1.54, 1.807) is 0 Å². The SMILES string of the molecule is Nc1ccc(C(=O)O)c2cc(F)ccc12. The number of benzene rings is 2. The zero-order chi connectivity index (χ0) is 11.0. The van der Waals surface area contributed by atoms with Crippen LogP contribution in [0.2, 0.25) is 0 Å². The number of rotatable bonds is 1. The smallest absolute Gasteiger partial charge is 0.336 e. The molecule has 0 aromatic heterocycles. The highest BCUT2D eigenvalue weighted by Crippen LogP contribution is 2.25. The number of hydrogen-bond acceptors (Lipinski definition) is 2. The van der Waals surface area contributed by atoms with Crippen LogP contribution in [0, 0.1) is 5.82 Å². The van der Waals surface area contributed by atoms with E-state index in [-0.39, 0.29) is 5.56 Å². The van der Waals surface area contributed by atoms with Crippen molar-refractivity contribution in [1.29, 1.82) is 0 Å². The second kappa shape index (κ2) is 3.24. The van der Waals surface area contributed by atoms with Crippen LogP contribution < -0.4 is 5.73 Å². The lowest BCUT2D eigenvalue weighted by molar-refractivity contribution is 0.0699. The van der Waals surface area contributed by atoms with Gasteiger partial charge in [0.25, 0.3) is 0 Å². The van der Waals surface area contributed by atoms with Gasteiger partial charge in [0, 0.05) is 16.5 Å². The standard InChI is InChI=1S/C11H8FNO2/c12-6-1-2-7-9(5-6)8(11(14)15)3-4-10(7)13/h1-5H,13H2,(H,14,15). The number of anilines is 1. The molecule has 4 heteroatoms. The molecule has 76 valence electrons. The van der Waals surface area contributed by atoms with Crippen LogP contribution in [0.25, 0.3) is 10.8 Å². The molecule has 0 aliphatic heterocycles. The number of nitrogen functional groups attached to an aromatic ring is 1. The number of carboxylic acid groups (broad SMARTS) is 1. The zero-order valence-corrected chi connectivity index (χ0v) is 7.70. The Morgan fingerprint density at radius 2 is 1.93 bits per heavy atom. The number of carbonyl (C=O) groups is 1. The maximum Gasteiger partial charge on any atom is 0.336 e. The van der Waals surface area contributed by atoms with Crippen LogP contribution in [-0.4, -0.2) is 11.1 Å².